The number of hydrogen-bond acceptors (Lipinski definition) is 6. The molecule has 2 aromatic heterocycles. The van der Waals surface area contributed by atoms with Gasteiger partial charge in [0.15, 0.2) is 5.82 Å². The van der Waals surface area contributed by atoms with Gasteiger partial charge in [-0.3, -0.25) is 14.4 Å². The Morgan fingerprint density at radius 3 is 2.38 bits per heavy atom. The van der Waals surface area contributed by atoms with E-state index in [1.807, 2.05) is 0 Å². The molecule has 2 N–H and O–H groups in total. The minimum atomic E-state index is -0.647. The molecular weight excluding hydrogens is 441 g/mol. The maximum Gasteiger partial charge on any atom is 0.272 e. The number of halogens is 1. The number of aromatic nitrogens is 2. The first kappa shape index (κ1) is 21.4. The predicted molar refractivity (Wildman–Crippen MR) is 123 cm³/mol. The molecule has 0 unspecified atom stereocenters. The van der Waals surface area contributed by atoms with Gasteiger partial charge in [-0.15, -0.1) is 0 Å². The van der Waals surface area contributed by atoms with Gasteiger partial charge in [0.1, 0.15) is 12.1 Å². The number of benzene rings is 2. The van der Waals surface area contributed by atoms with Crippen LogP contribution in [-0.2, 0) is 0 Å². The summed E-state index contributed by atoms with van der Waals surface area (Å²) >= 11 is 0. The van der Waals surface area contributed by atoms with Gasteiger partial charge in [0.25, 0.3) is 17.4 Å². The fourth-order valence-corrected chi connectivity index (χ4v) is 3.97. The molecule has 10 heteroatoms. The van der Waals surface area contributed by atoms with Crippen molar-refractivity contribution in [1.82, 2.24) is 20.0 Å². The molecule has 1 aliphatic rings. The van der Waals surface area contributed by atoms with Crippen molar-refractivity contribution < 1.29 is 18.4 Å². The highest BCUT2D eigenvalue weighted by atomic mass is 19.1. The molecule has 0 radical (unpaired) electrons. The summed E-state index contributed by atoms with van der Waals surface area (Å²) in [7, 11) is 0. The van der Waals surface area contributed by atoms with Crippen LogP contribution in [0, 0.1) is 5.82 Å². The van der Waals surface area contributed by atoms with Gasteiger partial charge in [0.05, 0.1) is 22.8 Å². The highest BCUT2D eigenvalue weighted by molar-refractivity contribution is 5.97. The Kier molecular flexibility index (Phi) is 5.54. The van der Waals surface area contributed by atoms with Crippen LogP contribution in [0.4, 0.5) is 15.9 Å². The molecule has 1 saturated heterocycles. The van der Waals surface area contributed by atoms with Crippen molar-refractivity contribution in [1.29, 1.82) is 0 Å². The van der Waals surface area contributed by atoms with Crippen LogP contribution >= 0.6 is 0 Å². The summed E-state index contributed by atoms with van der Waals surface area (Å²) in [6, 6.07) is 12.7. The van der Waals surface area contributed by atoms with Crippen LogP contribution in [0.25, 0.3) is 10.8 Å². The van der Waals surface area contributed by atoms with Gasteiger partial charge in [0, 0.05) is 37.3 Å². The van der Waals surface area contributed by atoms with Crippen molar-refractivity contribution >= 4 is 34.1 Å². The molecule has 2 aromatic carbocycles. The smallest absolute Gasteiger partial charge is 0.272 e. The third-order valence-corrected chi connectivity index (χ3v) is 5.78. The Labute approximate surface area is 192 Å². The van der Waals surface area contributed by atoms with E-state index >= 15 is 0 Å². The molecule has 9 nitrogen and oxygen atoms in total. The van der Waals surface area contributed by atoms with Gasteiger partial charge >= 0.3 is 0 Å². The van der Waals surface area contributed by atoms with Crippen LogP contribution in [0.5, 0.6) is 0 Å². The van der Waals surface area contributed by atoms with E-state index < -0.39 is 11.7 Å². The number of carbonyl (C=O) groups excluding carboxylic acids is 2. The summed E-state index contributed by atoms with van der Waals surface area (Å²) in [4.78, 5) is 40.7. The van der Waals surface area contributed by atoms with Crippen LogP contribution in [0.3, 0.4) is 0 Å². The van der Waals surface area contributed by atoms with Gasteiger partial charge in [-0.25, -0.2) is 9.49 Å². The second kappa shape index (κ2) is 8.81. The lowest BCUT2D eigenvalue weighted by Crippen LogP contribution is -2.50. The first-order valence-corrected chi connectivity index (χ1v) is 10.7. The molecular formula is C24H20FN5O4. The zero-order valence-electron chi connectivity index (χ0n) is 18.0. The Hall–Kier alpha value is -4.47. The summed E-state index contributed by atoms with van der Waals surface area (Å²) in [5.41, 5.74) is 0.492. The van der Waals surface area contributed by atoms with Crippen LogP contribution < -0.4 is 10.9 Å². The number of fused-ring (bicyclic) bond motifs is 1. The lowest BCUT2D eigenvalue weighted by atomic mass is 10.1. The molecule has 1 fully saturated rings. The Morgan fingerprint density at radius 1 is 0.971 bits per heavy atom. The van der Waals surface area contributed by atoms with E-state index in [1.165, 1.54) is 35.6 Å². The van der Waals surface area contributed by atoms with E-state index in [0.29, 0.717) is 40.9 Å². The largest absolute Gasteiger partial charge is 0.472 e. The predicted octanol–water partition coefficient (Wildman–Crippen LogP) is 3.00. The number of rotatable bonds is 4. The van der Waals surface area contributed by atoms with Crippen LogP contribution in [0.15, 0.2) is 70.3 Å². The second-order valence-corrected chi connectivity index (χ2v) is 7.86. The van der Waals surface area contributed by atoms with Crippen molar-refractivity contribution in [2.45, 2.75) is 0 Å². The number of anilines is 2. The standard InChI is InChI=1S/C24H20FN5O4/c25-20-6-5-16(26-21-17-3-1-2-4-18(17)22(31)28-27-21)13-19(20)24(33)30-10-8-29(9-11-30)23(32)15-7-12-34-14-15/h1-7,12-14H,8-11H2,(H,26,27)(H,28,31). The summed E-state index contributed by atoms with van der Waals surface area (Å²) in [5.74, 6) is -0.895. The van der Waals surface area contributed by atoms with Crippen LogP contribution in [-0.4, -0.2) is 58.0 Å². The SMILES string of the molecule is O=C(c1ccoc1)N1CCN(C(=O)c2cc(Nc3n[nH]c(=O)c4ccccc34)ccc2F)CC1. The number of nitrogens with zero attached hydrogens (tertiary/aromatic N) is 3. The van der Waals surface area contributed by atoms with E-state index in [9.17, 15) is 18.8 Å². The van der Waals surface area contributed by atoms with Gasteiger partial charge in [-0.05, 0) is 30.3 Å². The monoisotopic (exact) mass is 461 g/mol. The molecule has 4 aromatic rings. The van der Waals surface area contributed by atoms with Crippen molar-refractivity contribution in [2.75, 3.05) is 31.5 Å². The number of furan rings is 1. The molecule has 34 heavy (non-hydrogen) atoms. The molecule has 3 heterocycles. The Bertz CT molecular complexity index is 1430. The Balaban J connectivity index is 1.33. The molecule has 2 amide bonds. The maximum atomic E-state index is 14.6. The van der Waals surface area contributed by atoms with Crippen molar-refractivity contribution in [3.63, 3.8) is 0 Å². The fourth-order valence-electron chi connectivity index (χ4n) is 3.97. The molecule has 0 spiro atoms. The minimum absolute atomic E-state index is 0.0895. The molecule has 172 valence electrons. The number of aromatic amines is 1. The first-order valence-electron chi connectivity index (χ1n) is 10.7. The van der Waals surface area contributed by atoms with Gasteiger partial charge in [-0.2, -0.15) is 5.10 Å². The minimum Gasteiger partial charge on any atom is -0.472 e. The maximum absolute atomic E-state index is 14.6. The van der Waals surface area contributed by atoms with E-state index in [1.54, 1.807) is 35.2 Å². The topological polar surface area (TPSA) is 112 Å². The van der Waals surface area contributed by atoms with Gasteiger partial charge in [0.2, 0.25) is 0 Å². The molecule has 1 aliphatic heterocycles. The Morgan fingerprint density at radius 2 is 1.68 bits per heavy atom. The van der Waals surface area contributed by atoms with Gasteiger partial charge in [-0.1, -0.05) is 18.2 Å². The number of nitrogens with one attached hydrogen (secondary N) is 2. The van der Waals surface area contributed by atoms with E-state index in [2.05, 4.69) is 15.5 Å². The molecule has 0 bridgehead atoms. The summed E-state index contributed by atoms with van der Waals surface area (Å²) in [6.07, 6.45) is 2.82. The quantitative estimate of drug-likeness (QED) is 0.483. The number of piperazine rings is 1. The number of H-pyrrole nitrogens is 1. The fraction of sp³-hybridized carbons (Fsp3) is 0.167. The molecule has 0 aliphatic carbocycles. The summed E-state index contributed by atoms with van der Waals surface area (Å²) in [5, 5.41) is 10.6. The van der Waals surface area contributed by atoms with Crippen molar-refractivity contribution in [3.8, 4) is 0 Å². The van der Waals surface area contributed by atoms with Crippen molar-refractivity contribution in [3.05, 3.63) is 88.4 Å². The molecule has 5 rings (SSSR count). The normalized spacial score (nSPS) is 13.8. The highest BCUT2D eigenvalue weighted by Gasteiger charge is 2.27. The summed E-state index contributed by atoms with van der Waals surface area (Å²) in [6.45, 7) is 1.24. The number of carbonyl (C=O) groups is 2. The van der Waals surface area contributed by atoms with E-state index in [4.69, 9.17) is 4.42 Å². The third kappa shape index (κ3) is 4.01. The number of hydrogen-bond donors (Lipinski definition) is 2. The average Bonchev–Trinajstić information content (AvgIpc) is 3.41. The van der Waals surface area contributed by atoms with Crippen molar-refractivity contribution in [2.24, 2.45) is 0 Å². The summed E-state index contributed by atoms with van der Waals surface area (Å²) < 4.78 is 19.6. The van der Waals surface area contributed by atoms with Gasteiger partial charge < -0.3 is 19.5 Å². The molecule has 0 saturated carbocycles. The van der Waals surface area contributed by atoms with Crippen LogP contribution in [0.1, 0.15) is 20.7 Å². The van der Waals surface area contributed by atoms with Crippen LogP contribution in [0.2, 0.25) is 0 Å². The highest BCUT2D eigenvalue weighted by Crippen LogP contribution is 2.24. The first-order chi connectivity index (χ1) is 16.5. The second-order valence-electron chi connectivity index (χ2n) is 7.86. The lowest BCUT2D eigenvalue weighted by Gasteiger charge is -2.34. The third-order valence-electron chi connectivity index (χ3n) is 5.78. The molecule has 0 atom stereocenters. The van der Waals surface area contributed by atoms with E-state index in [-0.39, 0.29) is 30.1 Å². The zero-order chi connectivity index (χ0) is 23.7. The average molecular weight is 461 g/mol. The number of amides is 2. The van der Waals surface area contributed by atoms with E-state index in [0.717, 1.165) is 0 Å². The lowest BCUT2D eigenvalue weighted by molar-refractivity contribution is 0.0532. The zero-order valence-corrected chi connectivity index (χ0v) is 18.0.